The molecule has 2 N–H and O–H groups in total. The molecule has 0 aliphatic heterocycles. The van der Waals surface area contributed by atoms with Crippen molar-refractivity contribution in [2.24, 2.45) is 0 Å². The summed E-state index contributed by atoms with van der Waals surface area (Å²) in [4.78, 5) is 23.3. The lowest BCUT2D eigenvalue weighted by atomic mass is 10.2. The van der Waals surface area contributed by atoms with Crippen LogP contribution in [0.15, 0.2) is 18.2 Å². The maximum absolute atomic E-state index is 11.7. The fourth-order valence-electron chi connectivity index (χ4n) is 1.77. The van der Waals surface area contributed by atoms with Crippen LogP contribution in [0.2, 0.25) is 5.02 Å². The van der Waals surface area contributed by atoms with Crippen molar-refractivity contribution in [2.75, 3.05) is 31.7 Å². The molecule has 1 aromatic rings. The normalized spacial score (nSPS) is 10.7. The predicted molar refractivity (Wildman–Crippen MR) is 94.4 cm³/mol. The second-order valence-electron chi connectivity index (χ2n) is 5.63. The molecule has 7 heteroatoms. The highest BCUT2D eigenvalue weighted by atomic mass is 35.5. The number of carbonyl (C=O) groups excluding carboxylic acids is 2. The highest BCUT2D eigenvalue weighted by Gasteiger charge is 2.06. The Labute approximate surface area is 147 Å². The maximum Gasteiger partial charge on any atom is 0.250 e. The van der Waals surface area contributed by atoms with Gasteiger partial charge in [-0.15, -0.1) is 0 Å². The zero-order valence-electron chi connectivity index (χ0n) is 14.4. The number of anilines is 1. The molecule has 0 atom stereocenters. The van der Waals surface area contributed by atoms with Gasteiger partial charge in [0.1, 0.15) is 13.2 Å². The fourth-order valence-corrected chi connectivity index (χ4v) is 1.95. The number of benzene rings is 1. The summed E-state index contributed by atoms with van der Waals surface area (Å²) in [6.45, 7) is 6.56. The molecule has 0 saturated carbocycles. The summed E-state index contributed by atoms with van der Waals surface area (Å²) < 4.78 is 10.5. The van der Waals surface area contributed by atoms with Crippen LogP contribution in [-0.2, 0) is 19.1 Å². The van der Waals surface area contributed by atoms with E-state index in [4.69, 9.17) is 21.1 Å². The van der Waals surface area contributed by atoms with E-state index in [1.807, 2.05) is 26.8 Å². The van der Waals surface area contributed by atoms with E-state index in [-0.39, 0.29) is 31.1 Å². The van der Waals surface area contributed by atoms with Crippen molar-refractivity contribution >= 4 is 29.1 Å². The molecule has 0 aromatic heterocycles. The lowest BCUT2D eigenvalue weighted by Crippen LogP contribution is -2.30. The second kappa shape index (κ2) is 11.0. The molecule has 0 heterocycles. The minimum atomic E-state index is -0.340. The van der Waals surface area contributed by atoms with Crippen molar-refractivity contribution < 1.29 is 19.1 Å². The van der Waals surface area contributed by atoms with Crippen molar-refractivity contribution in [3.63, 3.8) is 0 Å². The van der Waals surface area contributed by atoms with Crippen molar-refractivity contribution in [3.05, 3.63) is 28.8 Å². The summed E-state index contributed by atoms with van der Waals surface area (Å²) in [6.07, 6.45) is 0.921. The number of carbonyl (C=O) groups is 2. The van der Waals surface area contributed by atoms with E-state index in [1.165, 1.54) is 0 Å². The number of hydrogen-bond donors (Lipinski definition) is 2. The Bertz CT molecular complexity index is 549. The van der Waals surface area contributed by atoms with Gasteiger partial charge < -0.3 is 20.1 Å². The number of halogens is 1. The number of ether oxygens (including phenoxy) is 2. The first-order chi connectivity index (χ1) is 11.4. The van der Waals surface area contributed by atoms with Gasteiger partial charge in [0.25, 0.3) is 0 Å². The number of hydrogen-bond acceptors (Lipinski definition) is 4. The van der Waals surface area contributed by atoms with Crippen molar-refractivity contribution in [1.29, 1.82) is 0 Å². The first-order valence-corrected chi connectivity index (χ1v) is 8.28. The van der Waals surface area contributed by atoms with Crippen molar-refractivity contribution in [3.8, 4) is 0 Å². The minimum Gasteiger partial charge on any atom is -0.379 e. The molecule has 2 amide bonds. The van der Waals surface area contributed by atoms with Gasteiger partial charge in [-0.25, -0.2) is 0 Å². The molecule has 0 unspecified atom stereocenters. The van der Waals surface area contributed by atoms with Crippen LogP contribution in [0.3, 0.4) is 0 Å². The molecule has 0 bridgehead atoms. The Hall–Kier alpha value is -1.63. The van der Waals surface area contributed by atoms with Crippen LogP contribution in [0, 0.1) is 6.92 Å². The summed E-state index contributed by atoms with van der Waals surface area (Å²) in [5.41, 5.74) is 1.52. The zero-order chi connectivity index (χ0) is 17.9. The summed E-state index contributed by atoms with van der Waals surface area (Å²) in [7, 11) is 0. The van der Waals surface area contributed by atoms with Gasteiger partial charge in [0.2, 0.25) is 11.8 Å². The minimum absolute atomic E-state index is 0.160. The van der Waals surface area contributed by atoms with Crippen LogP contribution in [0.25, 0.3) is 0 Å². The number of aryl methyl sites for hydroxylation is 1. The highest BCUT2D eigenvalue weighted by Crippen LogP contribution is 2.19. The van der Waals surface area contributed by atoms with Gasteiger partial charge in [-0.3, -0.25) is 9.59 Å². The number of amides is 2. The van der Waals surface area contributed by atoms with Crippen LogP contribution in [0.5, 0.6) is 0 Å². The Balaban J connectivity index is 2.14. The first kappa shape index (κ1) is 20.4. The topological polar surface area (TPSA) is 76.7 Å². The third kappa shape index (κ3) is 8.86. The molecule has 0 radical (unpaired) electrons. The zero-order valence-corrected chi connectivity index (χ0v) is 15.1. The standard InChI is InChI=1S/C17H25ClN2O4/c1-12(2)24-8-4-7-19-16(21)10-23-11-17(22)20-14-6-5-13(3)15(18)9-14/h5-6,9,12H,4,7-8,10-11H2,1-3H3,(H,19,21)(H,20,22). The molecule has 0 saturated heterocycles. The molecule has 0 aliphatic carbocycles. The fraction of sp³-hybridized carbons (Fsp3) is 0.529. The van der Waals surface area contributed by atoms with Crippen LogP contribution in [0.4, 0.5) is 5.69 Å². The Morgan fingerprint density at radius 1 is 1.21 bits per heavy atom. The number of rotatable bonds is 10. The van der Waals surface area contributed by atoms with Gasteiger partial charge in [0.05, 0.1) is 6.10 Å². The van der Waals surface area contributed by atoms with Crippen molar-refractivity contribution in [2.45, 2.75) is 33.3 Å². The Morgan fingerprint density at radius 2 is 1.92 bits per heavy atom. The second-order valence-corrected chi connectivity index (χ2v) is 6.04. The quantitative estimate of drug-likeness (QED) is 0.631. The van der Waals surface area contributed by atoms with Gasteiger partial charge in [0, 0.05) is 23.9 Å². The summed E-state index contributed by atoms with van der Waals surface area (Å²) in [5, 5.41) is 5.94. The molecule has 0 fully saturated rings. The molecule has 6 nitrogen and oxygen atoms in total. The molecule has 1 rings (SSSR count). The first-order valence-electron chi connectivity index (χ1n) is 7.90. The van der Waals surface area contributed by atoms with Gasteiger partial charge in [-0.2, -0.15) is 0 Å². The van der Waals surface area contributed by atoms with Crippen LogP contribution >= 0.6 is 11.6 Å². The van der Waals surface area contributed by atoms with Crippen molar-refractivity contribution in [1.82, 2.24) is 5.32 Å². The molecule has 1 aromatic carbocycles. The number of nitrogens with one attached hydrogen (secondary N) is 2. The van der Waals surface area contributed by atoms with Crippen LogP contribution < -0.4 is 10.6 Å². The van der Waals surface area contributed by atoms with Gasteiger partial charge in [-0.1, -0.05) is 17.7 Å². The van der Waals surface area contributed by atoms with E-state index in [0.717, 1.165) is 12.0 Å². The van der Waals surface area contributed by atoms with Gasteiger partial charge in [0.15, 0.2) is 0 Å². The predicted octanol–water partition coefficient (Wildman–Crippen LogP) is 2.53. The third-order valence-electron chi connectivity index (χ3n) is 3.02. The Morgan fingerprint density at radius 3 is 2.58 bits per heavy atom. The lowest BCUT2D eigenvalue weighted by Gasteiger charge is -2.09. The average Bonchev–Trinajstić information content (AvgIpc) is 2.50. The largest absolute Gasteiger partial charge is 0.379 e. The summed E-state index contributed by atoms with van der Waals surface area (Å²) in [5.74, 6) is -0.598. The smallest absolute Gasteiger partial charge is 0.250 e. The molecule has 0 aliphatic rings. The molecule has 24 heavy (non-hydrogen) atoms. The van der Waals surface area contributed by atoms with E-state index in [2.05, 4.69) is 10.6 Å². The molecule has 134 valence electrons. The molecule has 0 spiro atoms. The SMILES string of the molecule is Cc1ccc(NC(=O)COCC(=O)NCCCOC(C)C)cc1Cl. The van der Waals surface area contributed by atoms with E-state index >= 15 is 0 Å². The van der Waals surface area contributed by atoms with E-state index in [9.17, 15) is 9.59 Å². The average molecular weight is 357 g/mol. The molecular weight excluding hydrogens is 332 g/mol. The molecular formula is C17H25ClN2O4. The van der Waals surface area contributed by atoms with Crippen LogP contribution in [0.1, 0.15) is 25.8 Å². The van der Waals surface area contributed by atoms with E-state index in [1.54, 1.807) is 12.1 Å². The lowest BCUT2D eigenvalue weighted by molar-refractivity contribution is -0.128. The third-order valence-corrected chi connectivity index (χ3v) is 3.42. The monoisotopic (exact) mass is 356 g/mol. The van der Waals surface area contributed by atoms with Crippen LogP contribution in [-0.4, -0.2) is 44.3 Å². The van der Waals surface area contributed by atoms with E-state index in [0.29, 0.717) is 23.9 Å². The maximum atomic E-state index is 11.7. The van der Waals surface area contributed by atoms with E-state index < -0.39 is 0 Å². The van der Waals surface area contributed by atoms with Gasteiger partial charge in [-0.05, 0) is 44.9 Å². The Kier molecular flexibility index (Phi) is 9.37. The highest BCUT2D eigenvalue weighted by molar-refractivity contribution is 6.31. The van der Waals surface area contributed by atoms with Gasteiger partial charge >= 0.3 is 0 Å². The summed E-state index contributed by atoms with van der Waals surface area (Å²) >= 11 is 5.99. The summed E-state index contributed by atoms with van der Waals surface area (Å²) in [6, 6.07) is 5.24.